The Morgan fingerprint density at radius 3 is 2.80 bits per heavy atom. The number of carbonyl (C=O) groups is 1. The molecular weight excluding hydrogens is 248 g/mol. The van der Waals surface area contributed by atoms with Gasteiger partial charge < -0.3 is 4.42 Å². The van der Waals surface area contributed by atoms with E-state index in [4.69, 9.17) is 4.42 Å². The van der Waals surface area contributed by atoms with Gasteiger partial charge in [0.1, 0.15) is 0 Å². The van der Waals surface area contributed by atoms with Gasteiger partial charge in [0.2, 0.25) is 0 Å². The summed E-state index contributed by atoms with van der Waals surface area (Å²) in [6, 6.07) is 10.3. The van der Waals surface area contributed by atoms with Crippen molar-refractivity contribution in [1.29, 1.82) is 0 Å². The fraction of sp³-hybridized carbons (Fsp3) is 0.389. The van der Waals surface area contributed by atoms with E-state index in [2.05, 4.69) is 38.1 Å². The summed E-state index contributed by atoms with van der Waals surface area (Å²) in [4.78, 5) is 10.7. The zero-order chi connectivity index (χ0) is 14.4. The molecule has 0 fully saturated rings. The molecule has 1 unspecified atom stereocenters. The molecule has 2 rings (SSSR count). The second-order valence-corrected chi connectivity index (χ2v) is 5.51. The van der Waals surface area contributed by atoms with Crippen molar-refractivity contribution in [2.75, 3.05) is 0 Å². The summed E-state index contributed by atoms with van der Waals surface area (Å²) in [7, 11) is 0. The molecule has 0 N–H and O–H groups in total. The van der Waals surface area contributed by atoms with Gasteiger partial charge in [0.15, 0.2) is 12.0 Å². The second-order valence-electron chi connectivity index (χ2n) is 5.51. The highest BCUT2D eigenvalue weighted by Crippen LogP contribution is 2.24. The van der Waals surface area contributed by atoms with Crippen molar-refractivity contribution in [1.82, 2.24) is 0 Å². The van der Waals surface area contributed by atoms with E-state index in [9.17, 15) is 4.79 Å². The average Bonchev–Trinajstić information content (AvgIpc) is 2.94. The van der Waals surface area contributed by atoms with Crippen LogP contribution in [0.3, 0.4) is 0 Å². The zero-order valence-electron chi connectivity index (χ0n) is 12.3. The fourth-order valence-electron chi connectivity index (χ4n) is 2.50. The summed E-state index contributed by atoms with van der Waals surface area (Å²) in [5.74, 6) is 1.09. The lowest BCUT2D eigenvalue weighted by molar-refractivity contribution is 0.110. The van der Waals surface area contributed by atoms with Crippen molar-refractivity contribution >= 4 is 6.29 Å². The van der Waals surface area contributed by atoms with E-state index in [0.717, 1.165) is 23.8 Å². The lowest BCUT2D eigenvalue weighted by Gasteiger charge is -2.11. The highest BCUT2D eigenvalue weighted by molar-refractivity contribution is 5.75. The van der Waals surface area contributed by atoms with E-state index in [0.29, 0.717) is 11.7 Å². The van der Waals surface area contributed by atoms with Crippen LogP contribution in [-0.4, -0.2) is 6.29 Å². The summed E-state index contributed by atoms with van der Waals surface area (Å²) in [5.41, 5.74) is 3.43. The van der Waals surface area contributed by atoms with Crippen LogP contribution in [0.2, 0.25) is 0 Å². The summed E-state index contributed by atoms with van der Waals surface area (Å²) in [6.45, 7) is 4.54. The molecule has 1 aromatic heterocycles. The third kappa shape index (κ3) is 3.83. The molecule has 2 heteroatoms. The number of furan rings is 1. The second kappa shape index (κ2) is 7.09. The Hall–Kier alpha value is -1.83. The zero-order valence-corrected chi connectivity index (χ0v) is 12.3. The quantitative estimate of drug-likeness (QED) is 0.653. The van der Waals surface area contributed by atoms with E-state index in [1.165, 1.54) is 24.8 Å². The first-order valence-electron chi connectivity index (χ1n) is 7.36. The van der Waals surface area contributed by atoms with Crippen LogP contribution >= 0.6 is 0 Å². The lowest BCUT2D eigenvalue weighted by Crippen LogP contribution is -1.99. The van der Waals surface area contributed by atoms with E-state index >= 15 is 0 Å². The highest BCUT2D eigenvalue weighted by atomic mass is 16.3. The van der Waals surface area contributed by atoms with E-state index < -0.39 is 0 Å². The molecule has 20 heavy (non-hydrogen) atoms. The van der Waals surface area contributed by atoms with Gasteiger partial charge in [-0.05, 0) is 29.5 Å². The summed E-state index contributed by atoms with van der Waals surface area (Å²) >= 11 is 0. The fourth-order valence-corrected chi connectivity index (χ4v) is 2.50. The summed E-state index contributed by atoms with van der Waals surface area (Å²) in [6.07, 6.45) is 7.32. The van der Waals surface area contributed by atoms with Crippen molar-refractivity contribution in [3.8, 4) is 11.1 Å². The molecule has 106 valence electrons. The third-order valence-corrected chi connectivity index (χ3v) is 3.63. The minimum atomic E-state index is 0.377. The third-order valence-electron chi connectivity index (χ3n) is 3.63. The van der Waals surface area contributed by atoms with Crippen LogP contribution in [0.5, 0.6) is 0 Å². The van der Waals surface area contributed by atoms with Crippen LogP contribution in [-0.2, 0) is 6.42 Å². The van der Waals surface area contributed by atoms with Crippen LogP contribution in [0.25, 0.3) is 11.1 Å². The standard InChI is InChI=1S/C18H22O2/c1-3-4-6-14(2)9-15-7-5-8-16(10-15)17-11-18(12-19)20-13-17/h5,7-8,10-14H,3-4,6,9H2,1-2H3. The predicted octanol–water partition coefficient (Wildman–Crippen LogP) is 5.13. The first-order chi connectivity index (χ1) is 9.72. The van der Waals surface area contributed by atoms with Gasteiger partial charge in [-0.2, -0.15) is 0 Å². The van der Waals surface area contributed by atoms with Crippen LogP contribution < -0.4 is 0 Å². The Morgan fingerprint density at radius 2 is 2.10 bits per heavy atom. The Labute approximate surface area is 120 Å². The van der Waals surface area contributed by atoms with Gasteiger partial charge in [0, 0.05) is 5.56 Å². The molecule has 1 aromatic carbocycles. The largest absolute Gasteiger partial charge is 0.461 e. The Bertz CT molecular complexity index is 554. The molecule has 0 radical (unpaired) electrons. The number of benzene rings is 1. The number of unbranched alkanes of at least 4 members (excludes halogenated alkanes) is 1. The van der Waals surface area contributed by atoms with Crippen LogP contribution in [0.15, 0.2) is 41.0 Å². The molecule has 0 bridgehead atoms. The van der Waals surface area contributed by atoms with E-state index in [1.54, 1.807) is 12.3 Å². The molecule has 1 heterocycles. The van der Waals surface area contributed by atoms with Crippen LogP contribution in [0.4, 0.5) is 0 Å². The molecule has 0 saturated heterocycles. The Morgan fingerprint density at radius 1 is 1.25 bits per heavy atom. The van der Waals surface area contributed by atoms with Gasteiger partial charge in [0.25, 0.3) is 0 Å². The Balaban J connectivity index is 2.09. The predicted molar refractivity (Wildman–Crippen MR) is 81.9 cm³/mol. The molecule has 2 nitrogen and oxygen atoms in total. The van der Waals surface area contributed by atoms with Crippen LogP contribution in [0.1, 0.15) is 49.2 Å². The van der Waals surface area contributed by atoms with E-state index in [1.807, 2.05) is 0 Å². The van der Waals surface area contributed by atoms with Gasteiger partial charge >= 0.3 is 0 Å². The topological polar surface area (TPSA) is 30.2 Å². The SMILES string of the molecule is CCCCC(C)Cc1cccc(-c2coc(C=O)c2)c1. The molecule has 1 atom stereocenters. The molecule has 0 amide bonds. The van der Waals surface area contributed by atoms with Gasteiger partial charge in [-0.3, -0.25) is 4.79 Å². The minimum absolute atomic E-state index is 0.377. The molecular formula is C18H22O2. The Kier molecular flexibility index (Phi) is 5.16. The normalized spacial score (nSPS) is 12.3. The highest BCUT2D eigenvalue weighted by Gasteiger charge is 2.07. The summed E-state index contributed by atoms with van der Waals surface area (Å²) < 4.78 is 5.17. The number of hydrogen-bond donors (Lipinski definition) is 0. The first kappa shape index (κ1) is 14.6. The minimum Gasteiger partial charge on any atom is -0.461 e. The molecule has 0 saturated carbocycles. The van der Waals surface area contributed by atoms with Crippen molar-refractivity contribution in [2.45, 2.75) is 39.5 Å². The van der Waals surface area contributed by atoms with E-state index in [-0.39, 0.29) is 0 Å². The van der Waals surface area contributed by atoms with Crippen molar-refractivity contribution in [2.24, 2.45) is 5.92 Å². The molecule has 0 aliphatic carbocycles. The maximum Gasteiger partial charge on any atom is 0.185 e. The van der Waals surface area contributed by atoms with Gasteiger partial charge in [-0.1, -0.05) is 57.4 Å². The molecule has 0 aliphatic rings. The monoisotopic (exact) mass is 270 g/mol. The van der Waals surface area contributed by atoms with Crippen molar-refractivity contribution in [3.05, 3.63) is 47.9 Å². The number of hydrogen-bond acceptors (Lipinski definition) is 2. The molecule has 0 spiro atoms. The van der Waals surface area contributed by atoms with Gasteiger partial charge in [-0.25, -0.2) is 0 Å². The summed E-state index contributed by atoms with van der Waals surface area (Å²) in [5, 5.41) is 0. The maximum absolute atomic E-state index is 10.7. The lowest BCUT2D eigenvalue weighted by atomic mass is 9.94. The van der Waals surface area contributed by atoms with Gasteiger partial charge in [0.05, 0.1) is 6.26 Å². The smallest absolute Gasteiger partial charge is 0.185 e. The molecule has 0 aliphatic heterocycles. The number of carbonyl (C=O) groups excluding carboxylic acids is 1. The van der Waals surface area contributed by atoms with Gasteiger partial charge in [-0.15, -0.1) is 0 Å². The average molecular weight is 270 g/mol. The number of rotatable bonds is 7. The number of aldehydes is 1. The van der Waals surface area contributed by atoms with Crippen molar-refractivity contribution in [3.63, 3.8) is 0 Å². The first-order valence-corrected chi connectivity index (χ1v) is 7.36. The maximum atomic E-state index is 10.7. The molecule has 2 aromatic rings. The van der Waals surface area contributed by atoms with Crippen molar-refractivity contribution < 1.29 is 9.21 Å². The van der Waals surface area contributed by atoms with Crippen LogP contribution in [0, 0.1) is 5.92 Å².